The van der Waals surface area contributed by atoms with Gasteiger partial charge in [0.15, 0.2) is 0 Å². The van der Waals surface area contributed by atoms with Crippen LogP contribution in [0.3, 0.4) is 0 Å². The van der Waals surface area contributed by atoms with E-state index in [1.807, 2.05) is 36.1 Å². The molecule has 5 nitrogen and oxygen atoms in total. The van der Waals surface area contributed by atoms with Gasteiger partial charge in [0.25, 0.3) is 5.91 Å². The molecule has 1 aromatic carbocycles. The average molecular weight is 343 g/mol. The predicted molar refractivity (Wildman–Crippen MR) is 98.6 cm³/mol. The maximum absolute atomic E-state index is 12.6. The van der Waals surface area contributed by atoms with E-state index < -0.39 is 0 Å². The summed E-state index contributed by atoms with van der Waals surface area (Å²) < 4.78 is 0. The van der Waals surface area contributed by atoms with Crippen molar-refractivity contribution in [3.63, 3.8) is 0 Å². The van der Waals surface area contributed by atoms with Gasteiger partial charge in [0, 0.05) is 30.7 Å². The van der Waals surface area contributed by atoms with Gasteiger partial charge in [-0.1, -0.05) is 37.0 Å². The Balaban J connectivity index is 1.43. The van der Waals surface area contributed by atoms with Crippen LogP contribution in [0.4, 0.5) is 4.79 Å². The molecule has 3 rings (SSSR count). The van der Waals surface area contributed by atoms with E-state index in [9.17, 15) is 9.59 Å². The first-order valence-corrected chi connectivity index (χ1v) is 9.55. The molecular formula is C20H29N3O2. The Labute approximate surface area is 150 Å². The highest BCUT2D eigenvalue weighted by Gasteiger charge is 2.25. The molecule has 0 radical (unpaired) electrons. The molecule has 0 spiro atoms. The van der Waals surface area contributed by atoms with Crippen LogP contribution < -0.4 is 10.6 Å². The first-order valence-electron chi connectivity index (χ1n) is 9.55. The quantitative estimate of drug-likeness (QED) is 0.885. The number of piperidine rings is 1. The summed E-state index contributed by atoms with van der Waals surface area (Å²) in [7, 11) is 0. The highest BCUT2D eigenvalue weighted by Crippen LogP contribution is 2.18. The molecule has 1 aliphatic carbocycles. The summed E-state index contributed by atoms with van der Waals surface area (Å²) in [5.74, 6) is 0.0915. The molecule has 136 valence electrons. The lowest BCUT2D eigenvalue weighted by molar-refractivity contribution is 0.0708. The van der Waals surface area contributed by atoms with E-state index in [-0.39, 0.29) is 18.0 Å². The Morgan fingerprint density at radius 3 is 2.24 bits per heavy atom. The van der Waals surface area contributed by atoms with Gasteiger partial charge in [-0.05, 0) is 44.7 Å². The molecule has 0 aromatic heterocycles. The fraction of sp³-hybridized carbons (Fsp3) is 0.600. The maximum Gasteiger partial charge on any atom is 0.315 e. The van der Waals surface area contributed by atoms with Crippen molar-refractivity contribution in [1.82, 2.24) is 15.5 Å². The van der Waals surface area contributed by atoms with Crippen molar-refractivity contribution in [2.24, 2.45) is 0 Å². The van der Waals surface area contributed by atoms with Crippen LogP contribution in [-0.2, 0) is 0 Å². The van der Waals surface area contributed by atoms with Crippen LogP contribution in [0.5, 0.6) is 0 Å². The number of likely N-dealkylation sites (tertiary alicyclic amines) is 1. The standard InChI is InChI=1S/C20H29N3O2/c1-15-6-5-7-16(14-15)19(24)23-12-10-18(11-13-23)22-20(25)21-17-8-3-2-4-9-17/h5-7,14,17-18H,2-4,8-13H2,1H3,(H2,21,22,25). The maximum atomic E-state index is 12.6. The molecule has 2 N–H and O–H groups in total. The van der Waals surface area contributed by atoms with E-state index in [1.54, 1.807) is 0 Å². The van der Waals surface area contributed by atoms with Crippen molar-refractivity contribution in [3.8, 4) is 0 Å². The number of hydrogen-bond donors (Lipinski definition) is 2. The lowest BCUT2D eigenvalue weighted by atomic mass is 9.96. The third kappa shape index (κ3) is 4.97. The summed E-state index contributed by atoms with van der Waals surface area (Å²) in [5, 5.41) is 6.19. The molecule has 1 aromatic rings. The zero-order valence-corrected chi connectivity index (χ0v) is 15.1. The number of nitrogens with zero attached hydrogens (tertiary/aromatic N) is 1. The summed E-state index contributed by atoms with van der Waals surface area (Å²) in [6.07, 6.45) is 7.53. The van der Waals surface area contributed by atoms with Crippen molar-refractivity contribution >= 4 is 11.9 Å². The minimum absolute atomic E-state index is 0.0460. The number of urea groups is 1. The minimum atomic E-state index is -0.0460. The van der Waals surface area contributed by atoms with Gasteiger partial charge in [0.1, 0.15) is 0 Å². The Morgan fingerprint density at radius 2 is 1.60 bits per heavy atom. The third-order valence-electron chi connectivity index (χ3n) is 5.32. The zero-order chi connectivity index (χ0) is 17.6. The lowest BCUT2D eigenvalue weighted by Crippen LogP contribution is -2.51. The summed E-state index contributed by atoms with van der Waals surface area (Å²) >= 11 is 0. The van der Waals surface area contributed by atoms with Gasteiger partial charge >= 0.3 is 6.03 Å². The van der Waals surface area contributed by atoms with Crippen LogP contribution in [0.2, 0.25) is 0 Å². The second-order valence-electron chi connectivity index (χ2n) is 7.39. The summed E-state index contributed by atoms with van der Waals surface area (Å²) in [4.78, 5) is 26.6. The number of nitrogens with one attached hydrogen (secondary N) is 2. The van der Waals surface area contributed by atoms with E-state index in [4.69, 9.17) is 0 Å². The zero-order valence-electron chi connectivity index (χ0n) is 15.1. The number of hydrogen-bond acceptors (Lipinski definition) is 2. The lowest BCUT2D eigenvalue weighted by Gasteiger charge is -2.33. The van der Waals surface area contributed by atoms with Crippen LogP contribution in [0.25, 0.3) is 0 Å². The first-order chi connectivity index (χ1) is 12.1. The van der Waals surface area contributed by atoms with Gasteiger partial charge in [-0.3, -0.25) is 4.79 Å². The topological polar surface area (TPSA) is 61.4 Å². The number of benzene rings is 1. The number of rotatable bonds is 3. The molecule has 1 saturated heterocycles. The molecule has 0 atom stereocenters. The van der Waals surface area contributed by atoms with Crippen LogP contribution >= 0.6 is 0 Å². The third-order valence-corrected chi connectivity index (χ3v) is 5.32. The number of carbonyl (C=O) groups is 2. The number of aryl methyl sites for hydroxylation is 1. The Kier molecular flexibility index (Phi) is 5.95. The van der Waals surface area contributed by atoms with Crippen LogP contribution in [-0.4, -0.2) is 42.0 Å². The van der Waals surface area contributed by atoms with Gasteiger partial charge in [0.05, 0.1) is 0 Å². The minimum Gasteiger partial charge on any atom is -0.338 e. The monoisotopic (exact) mass is 343 g/mol. The smallest absolute Gasteiger partial charge is 0.315 e. The van der Waals surface area contributed by atoms with E-state index in [0.29, 0.717) is 19.1 Å². The van der Waals surface area contributed by atoms with E-state index >= 15 is 0 Å². The Morgan fingerprint density at radius 1 is 0.960 bits per heavy atom. The van der Waals surface area contributed by atoms with Crippen molar-refractivity contribution in [1.29, 1.82) is 0 Å². The van der Waals surface area contributed by atoms with Crippen molar-refractivity contribution in [2.45, 2.75) is 64.0 Å². The molecule has 3 amide bonds. The molecule has 25 heavy (non-hydrogen) atoms. The summed E-state index contributed by atoms with van der Waals surface area (Å²) in [6, 6.07) is 8.17. The predicted octanol–water partition coefficient (Wildman–Crippen LogP) is 3.23. The van der Waals surface area contributed by atoms with E-state index in [2.05, 4.69) is 10.6 Å². The van der Waals surface area contributed by atoms with Gasteiger partial charge in [0.2, 0.25) is 0 Å². The van der Waals surface area contributed by atoms with Gasteiger partial charge in [-0.15, -0.1) is 0 Å². The summed E-state index contributed by atoms with van der Waals surface area (Å²) in [5.41, 5.74) is 1.85. The van der Waals surface area contributed by atoms with E-state index in [1.165, 1.54) is 19.3 Å². The van der Waals surface area contributed by atoms with Gasteiger partial charge < -0.3 is 15.5 Å². The molecule has 5 heteroatoms. The molecular weight excluding hydrogens is 314 g/mol. The highest BCUT2D eigenvalue weighted by atomic mass is 16.2. The number of carbonyl (C=O) groups excluding carboxylic acids is 2. The molecule has 0 bridgehead atoms. The van der Waals surface area contributed by atoms with Crippen molar-refractivity contribution in [2.75, 3.05) is 13.1 Å². The Hall–Kier alpha value is -2.04. The molecule has 1 aliphatic heterocycles. The Bertz CT molecular complexity index is 603. The molecule has 1 heterocycles. The first kappa shape index (κ1) is 17.8. The molecule has 2 aliphatic rings. The number of amides is 3. The highest BCUT2D eigenvalue weighted by molar-refractivity contribution is 5.94. The van der Waals surface area contributed by atoms with Crippen molar-refractivity contribution < 1.29 is 9.59 Å². The summed E-state index contributed by atoms with van der Waals surface area (Å²) in [6.45, 7) is 3.39. The molecule has 2 fully saturated rings. The normalized spacial score (nSPS) is 19.5. The van der Waals surface area contributed by atoms with Gasteiger partial charge in [-0.25, -0.2) is 4.79 Å². The molecule has 0 unspecified atom stereocenters. The average Bonchev–Trinajstić information content (AvgIpc) is 2.62. The van der Waals surface area contributed by atoms with Crippen LogP contribution in [0.15, 0.2) is 24.3 Å². The fourth-order valence-corrected chi connectivity index (χ4v) is 3.85. The largest absolute Gasteiger partial charge is 0.338 e. The fourth-order valence-electron chi connectivity index (χ4n) is 3.85. The van der Waals surface area contributed by atoms with E-state index in [0.717, 1.165) is 36.8 Å². The SMILES string of the molecule is Cc1cccc(C(=O)N2CCC(NC(=O)NC3CCCCC3)CC2)c1. The second-order valence-corrected chi connectivity index (χ2v) is 7.39. The van der Waals surface area contributed by atoms with Crippen LogP contribution in [0, 0.1) is 6.92 Å². The van der Waals surface area contributed by atoms with Crippen LogP contribution in [0.1, 0.15) is 60.9 Å². The van der Waals surface area contributed by atoms with Crippen molar-refractivity contribution in [3.05, 3.63) is 35.4 Å². The van der Waals surface area contributed by atoms with Gasteiger partial charge in [-0.2, -0.15) is 0 Å². The molecule has 1 saturated carbocycles. The second kappa shape index (κ2) is 8.37.